The van der Waals surface area contributed by atoms with Crippen molar-refractivity contribution in [1.29, 1.82) is 0 Å². The lowest BCUT2D eigenvalue weighted by Gasteiger charge is -2.25. The summed E-state index contributed by atoms with van der Waals surface area (Å²) in [7, 11) is 2.11. The minimum Gasteiger partial charge on any atom is -0.384 e. The second kappa shape index (κ2) is 7.72. The molecule has 1 amide bonds. The second-order valence-electron chi connectivity index (χ2n) is 6.99. The maximum atomic E-state index is 11.8. The smallest absolute Gasteiger partial charge is 0.254 e. The van der Waals surface area contributed by atoms with E-state index in [9.17, 15) is 4.79 Å². The summed E-state index contributed by atoms with van der Waals surface area (Å²) in [5.74, 6) is 0.757. The van der Waals surface area contributed by atoms with E-state index in [1.807, 2.05) is 6.07 Å². The van der Waals surface area contributed by atoms with Gasteiger partial charge in [-0.15, -0.1) is 0 Å². The molecule has 0 atom stereocenters. The molecule has 1 aromatic carbocycles. The van der Waals surface area contributed by atoms with Crippen LogP contribution in [0.5, 0.6) is 0 Å². The van der Waals surface area contributed by atoms with E-state index in [2.05, 4.69) is 49.7 Å². The lowest BCUT2D eigenvalue weighted by molar-refractivity contribution is 0.100. The largest absolute Gasteiger partial charge is 0.384 e. The van der Waals surface area contributed by atoms with Gasteiger partial charge in [0.1, 0.15) is 23.0 Å². The molecule has 1 aliphatic rings. The Balaban J connectivity index is 1.61. The summed E-state index contributed by atoms with van der Waals surface area (Å²) >= 11 is 0. The number of anilines is 5. The molecule has 0 saturated carbocycles. The fourth-order valence-corrected chi connectivity index (χ4v) is 3.27. The Bertz CT molecular complexity index is 1070. The summed E-state index contributed by atoms with van der Waals surface area (Å²) in [6.07, 6.45) is 2.43. The quantitative estimate of drug-likeness (QED) is 0.520. The number of fused-ring (bicyclic) bond motifs is 1. The first-order valence-corrected chi connectivity index (χ1v) is 9.22. The number of benzene rings is 1. The highest BCUT2D eigenvalue weighted by Crippen LogP contribution is 2.25. The van der Waals surface area contributed by atoms with Crippen molar-refractivity contribution >= 4 is 35.0 Å². The van der Waals surface area contributed by atoms with Crippen molar-refractivity contribution in [2.24, 2.45) is 5.73 Å². The lowest BCUT2D eigenvalue weighted by Crippen LogP contribution is -2.26. The van der Waals surface area contributed by atoms with Gasteiger partial charge in [0.05, 0.1) is 0 Å². The Hall–Kier alpha value is -3.72. The highest BCUT2D eigenvalue weighted by molar-refractivity contribution is 5.98. The first-order valence-electron chi connectivity index (χ1n) is 9.22. The number of hydrogen-bond acceptors (Lipinski definition) is 8. The van der Waals surface area contributed by atoms with Gasteiger partial charge >= 0.3 is 0 Å². The number of amides is 1. The molecule has 0 fully saturated rings. The first-order chi connectivity index (χ1) is 14.0. The van der Waals surface area contributed by atoms with Crippen molar-refractivity contribution in [2.45, 2.75) is 13.0 Å². The predicted molar refractivity (Wildman–Crippen MR) is 112 cm³/mol. The zero-order valence-corrected chi connectivity index (χ0v) is 16.0. The van der Waals surface area contributed by atoms with Crippen molar-refractivity contribution in [3.63, 3.8) is 0 Å². The van der Waals surface area contributed by atoms with Gasteiger partial charge < -0.3 is 27.0 Å². The Morgan fingerprint density at radius 1 is 1.14 bits per heavy atom. The minimum absolute atomic E-state index is 0.159. The van der Waals surface area contributed by atoms with E-state index in [-0.39, 0.29) is 11.4 Å². The molecule has 2 aromatic heterocycles. The molecule has 4 rings (SSSR count). The Kier molecular flexibility index (Phi) is 4.96. The predicted octanol–water partition coefficient (Wildman–Crippen LogP) is 2.03. The maximum absolute atomic E-state index is 11.8. The molecule has 3 heterocycles. The van der Waals surface area contributed by atoms with E-state index < -0.39 is 5.91 Å². The Labute approximate surface area is 168 Å². The molecule has 29 heavy (non-hydrogen) atoms. The van der Waals surface area contributed by atoms with Crippen LogP contribution in [0.1, 0.15) is 21.5 Å². The van der Waals surface area contributed by atoms with Crippen LogP contribution >= 0.6 is 0 Å². The van der Waals surface area contributed by atoms with Crippen molar-refractivity contribution in [2.75, 3.05) is 30.0 Å². The Morgan fingerprint density at radius 3 is 2.79 bits per heavy atom. The summed E-state index contributed by atoms with van der Waals surface area (Å²) in [5, 5.41) is 6.18. The summed E-state index contributed by atoms with van der Waals surface area (Å²) in [5.41, 5.74) is 14.8. The third-order valence-corrected chi connectivity index (χ3v) is 4.74. The molecule has 0 spiro atoms. The van der Waals surface area contributed by atoms with Gasteiger partial charge in [-0.3, -0.25) is 4.79 Å². The molecule has 148 valence electrons. The van der Waals surface area contributed by atoms with Gasteiger partial charge in [-0.05, 0) is 48.9 Å². The highest BCUT2D eigenvalue weighted by Gasteiger charge is 2.15. The highest BCUT2D eigenvalue weighted by atomic mass is 16.1. The molecule has 0 unspecified atom stereocenters. The molecular weight excluding hydrogens is 368 g/mol. The number of nitrogen functional groups attached to an aromatic ring is 1. The van der Waals surface area contributed by atoms with Crippen molar-refractivity contribution < 1.29 is 4.79 Å². The van der Waals surface area contributed by atoms with Gasteiger partial charge in [0.25, 0.3) is 5.91 Å². The third-order valence-electron chi connectivity index (χ3n) is 4.74. The molecule has 9 nitrogen and oxygen atoms in total. The van der Waals surface area contributed by atoms with Crippen LogP contribution in [0.15, 0.2) is 42.6 Å². The normalized spacial score (nSPS) is 13.6. The minimum atomic E-state index is -0.639. The maximum Gasteiger partial charge on any atom is 0.254 e. The SMILES string of the molecule is CN1CCc2ccc(Nc3ncc(C(N)=O)c(Nc4cccc(N)n4)n3)cc2C1. The molecule has 0 radical (unpaired) electrons. The second-order valence-corrected chi connectivity index (χ2v) is 6.99. The number of pyridine rings is 1. The van der Waals surface area contributed by atoms with Gasteiger partial charge in [-0.25, -0.2) is 9.97 Å². The van der Waals surface area contributed by atoms with Gasteiger partial charge in [-0.1, -0.05) is 12.1 Å². The van der Waals surface area contributed by atoms with Crippen molar-refractivity contribution in [3.8, 4) is 0 Å². The van der Waals surface area contributed by atoms with Crippen LogP contribution in [0.4, 0.5) is 29.1 Å². The Morgan fingerprint density at radius 2 is 2.00 bits per heavy atom. The van der Waals surface area contributed by atoms with Crippen LogP contribution in [0.25, 0.3) is 0 Å². The van der Waals surface area contributed by atoms with Gasteiger partial charge in [0.2, 0.25) is 5.95 Å². The number of rotatable bonds is 5. The molecule has 1 aliphatic heterocycles. The van der Waals surface area contributed by atoms with Gasteiger partial charge in [0.15, 0.2) is 0 Å². The monoisotopic (exact) mass is 390 g/mol. The third kappa shape index (κ3) is 4.25. The van der Waals surface area contributed by atoms with E-state index >= 15 is 0 Å². The number of carbonyl (C=O) groups is 1. The van der Waals surface area contributed by atoms with E-state index in [0.717, 1.165) is 25.2 Å². The first kappa shape index (κ1) is 18.6. The van der Waals surface area contributed by atoms with Crippen LogP contribution < -0.4 is 22.1 Å². The molecular formula is C20H22N8O. The molecule has 0 saturated heterocycles. The molecule has 9 heteroatoms. The zero-order valence-electron chi connectivity index (χ0n) is 16.0. The van der Waals surface area contributed by atoms with Crippen molar-refractivity contribution in [3.05, 3.63) is 59.3 Å². The number of aromatic nitrogens is 3. The molecule has 3 aromatic rings. The van der Waals surface area contributed by atoms with E-state index in [1.54, 1.807) is 18.2 Å². The number of carbonyl (C=O) groups excluding carboxylic acids is 1. The van der Waals surface area contributed by atoms with Crippen LogP contribution in [0.2, 0.25) is 0 Å². The van der Waals surface area contributed by atoms with Crippen LogP contribution in [0, 0.1) is 0 Å². The number of nitrogens with one attached hydrogen (secondary N) is 2. The number of nitrogens with zero attached hydrogens (tertiary/aromatic N) is 4. The fraction of sp³-hybridized carbons (Fsp3) is 0.200. The van der Waals surface area contributed by atoms with Crippen molar-refractivity contribution in [1.82, 2.24) is 19.9 Å². The lowest BCUT2D eigenvalue weighted by atomic mass is 9.99. The zero-order chi connectivity index (χ0) is 20.4. The molecule has 0 aliphatic carbocycles. The topological polar surface area (TPSA) is 135 Å². The fourth-order valence-electron chi connectivity index (χ4n) is 3.27. The van der Waals surface area contributed by atoms with Crippen LogP contribution in [-0.4, -0.2) is 39.4 Å². The van der Waals surface area contributed by atoms with E-state index in [1.165, 1.54) is 17.3 Å². The van der Waals surface area contributed by atoms with Gasteiger partial charge in [-0.2, -0.15) is 4.98 Å². The average molecular weight is 390 g/mol. The van der Waals surface area contributed by atoms with Gasteiger partial charge in [0, 0.05) is 25.0 Å². The summed E-state index contributed by atoms with van der Waals surface area (Å²) < 4.78 is 0. The number of likely N-dealkylation sites (N-methyl/N-ethyl adjacent to an activating group) is 1. The molecule has 6 N–H and O–H groups in total. The summed E-state index contributed by atoms with van der Waals surface area (Å²) in [6.45, 7) is 1.96. The van der Waals surface area contributed by atoms with Crippen LogP contribution in [0.3, 0.4) is 0 Å². The average Bonchev–Trinajstić information content (AvgIpc) is 2.67. The summed E-state index contributed by atoms with van der Waals surface area (Å²) in [4.78, 5) is 26.9. The molecule has 0 bridgehead atoms. The number of primary amides is 1. The van der Waals surface area contributed by atoms with E-state index in [0.29, 0.717) is 17.6 Å². The summed E-state index contributed by atoms with van der Waals surface area (Å²) in [6, 6.07) is 11.4. The van der Waals surface area contributed by atoms with Crippen LogP contribution in [-0.2, 0) is 13.0 Å². The standard InChI is InChI=1S/C20H22N8O/c1-28-8-7-12-5-6-14(9-13(12)11-28)24-20-23-10-15(18(22)29)19(27-20)26-17-4-2-3-16(21)25-17/h2-6,9-10H,7-8,11H2,1H3,(H2,22,29)(H4,21,23,24,25,26,27). The van der Waals surface area contributed by atoms with E-state index in [4.69, 9.17) is 11.5 Å². The number of nitrogens with two attached hydrogens (primary N) is 2. The number of hydrogen-bond donors (Lipinski definition) is 4.